The van der Waals surface area contributed by atoms with E-state index in [0.717, 1.165) is 22.4 Å². The number of fused-ring (bicyclic) bond motifs is 5. The van der Waals surface area contributed by atoms with Gasteiger partial charge in [-0.05, 0) is 47.4 Å². The smallest absolute Gasteiger partial charge is 0.342 e. The zero-order chi connectivity index (χ0) is 21.4. The van der Waals surface area contributed by atoms with Gasteiger partial charge in [-0.1, -0.05) is 19.9 Å². The number of carbonyl (C=O) groups excluding carboxylic acids is 1. The fourth-order valence-electron chi connectivity index (χ4n) is 5.17. The molecule has 1 fully saturated rings. The molecule has 2 atom stereocenters. The molecule has 2 unspecified atom stereocenters. The molecule has 4 rings (SSSR count). The van der Waals surface area contributed by atoms with Crippen LogP contribution in [0.1, 0.15) is 71.8 Å². The number of amides is 1. The molecule has 0 aliphatic heterocycles. The maximum absolute atomic E-state index is 13.3. The van der Waals surface area contributed by atoms with Gasteiger partial charge in [0.25, 0.3) is 12.3 Å². The molecule has 2 bridgehead atoms. The van der Waals surface area contributed by atoms with Gasteiger partial charge in [0, 0.05) is 13.2 Å². The Balaban J connectivity index is 1.80. The summed E-state index contributed by atoms with van der Waals surface area (Å²) in [5, 5.41) is 6.49. The SMILES string of the molecule is Cn1cc(C(=O)NC23CCC(c4ccc(C(F)(F)F)cc42)C3(C)C)c(C(F)F)n1. The van der Waals surface area contributed by atoms with E-state index in [1.165, 1.54) is 19.3 Å². The largest absolute Gasteiger partial charge is 0.416 e. The van der Waals surface area contributed by atoms with Gasteiger partial charge in [-0.15, -0.1) is 0 Å². The second-order valence-electron chi connectivity index (χ2n) is 8.37. The lowest BCUT2D eigenvalue weighted by atomic mass is 9.73. The molecule has 2 aliphatic carbocycles. The summed E-state index contributed by atoms with van der Waals surface area (Å²) in [7, 11) is 1.43. The number of alkyl halides is 5. The first-order valence-corrected chi connectivity index (χ1v) is 9.24. The lowest BCUT2D eigenvalue weighted by Gasteiger charge is -2.40. The highest BCUT2D eigenvalue weighted by atomic mass is 19.4. The van der Waals surface area contributed by atoms with E-state index in [1.807, 2.05) is 13.8 Å². The lowest BCUT2D eigenvalue weighted by Crippen LogP contribution is -2.51. The molecule has 9 heteroatoms. The van der Waals surface area contributed by atoms with Crippen LogP contribution >= 0.6 is 0 Å². The Morgan fingerprint density at radius 3 is 2.62 bits per heavy atom. The Bertz CT molecular complexity index is 994. The molecule has 156 valence electrons. The number of hydrogen-bond acceptors (Lipinski definition) is 2. The van der Waals surface area contributed by atoms with Crippen LogP contribution in [0, 0.1) is 5.41 Å². The predicted molar refractivity (Wildman–Crippen MR) is 94.5 cm³/mol. The maximum atomic E-state index is 13.3. The molecule has 0 spiro atoms. The van der Waals surface area contributed by atoms with Crippen LogP contribution in [0.4, 0.5) is 22.0 Å². The highest BCUT2D eigenvalue weighted by Crippen LogP contribution is 2.67. The van der Waals surface area contributed by atoms with Crippen LogP contribution in [0.2, 0.25) is 0 Å². The van der Waals surface area contributed by atoms with Crippen LogP contribution in [-0.4, -0.2) is 15.7 Å². The van der Waals surface area contributed by atoms with E-state index >= 15 is 0 Å². The molecule has 2 aliphatic rings. The highest BCUT2D eigenvalue weighted by Gasteiger charge is 2.63. The Morgan fingerprint density at radius 2 is 2.00 bits per heavy atom. The fraction of sp³-hybridized carbons (Fsp3) is 0.500. The van der Waals surface area contributed by atoms with Crippen molar-refractivity contribution in [3.63, 3.8) is 0 Å². The predicted octanol–water partition coefficient (Wildman–Crippen LogP) is 4.92. The second-order valence-corrected chi connectivity index (χ2v) is 8.37. The van der Waals surface area contributed by atoms with Crippen LogP contribution in [-0.2, 0) is 18.8 Å². The monoisotopic (exact) mass is 413 g/mol. The van der Waals surface area contributed by atoms with Crippen molar-refractivity contribution in [1.82, 2.24) is 15.1 Å². The van der Waals surface area contributed by atoms with Gasteiger partial charge in [-0.2, -0.15) is 18.3 Å². The molecule has 1 aromatic heterocycles. The molecule has 1 heterocycles. The Labute approximate surface area is 164 Å². The molecule has 1 aromatic carbocycles. The number of hydrogen-bond donors (Lipinski definition) is 1. The van der Waals surface area contributed by atoms with E-state index in [0.29, 0.717) is 18.4 Å². The first kappa shape index (κ1) is 19.8. The van der Waals surface area contributed by atoms with Crippen LogP contribution in [0.5, 0.6) is 0 Å². The molecule has 1 amide bonds. The zero-order valence-corrected chi connectivity index (χ0v) is 16.1. The quantitative estimate of drug-likeness (QED) is 0.727. The average Bonchev–Trinajstić information content (AvgIpc) is 3.18. The molecular weight excluding hydrogens is 393 g/mol. The van der Waals surface area contributed by atoms with E-state index in [4.69, 9.17) is 0 Å². The van der Waals surface area contributed by atoms with Crippen molar-refractivity contribution in [3.8, 4) is 0 Å². The van der Waals surface area contributed by atoms with E-state index < -0.39 is 40.7 Å². The highest BCUT2D eigenvalue weighted by molar-refractivity contribution is 5.96. The fourth-order valence-corrected chi connectivity index (χ4v) is 5.17. The summed E-state index contributed by atoms with van der Waals surface area (Å²) in [6.07, 6.45) is -5.12. The van der Waals surface area contributed by atoms with Gasteiger partial charge in [0.05, 0.1) is 16.7 Å². The number of aromatic nitrogens is 2. The van der Waals surface area contributed by atoms with Crippen molar-refractivity contribution < 1.29 is 26.7 Å². The molecule has 4 nitrogen and oxygen atoms in total. The molecule has 0 radical (unpaired) electrons. The molecule has 1 saturated carbocycles. The summed E-state index contributed by atoms with van der Waals surface area (Å²) in [5.41, 5.74) is -2.14. The van der Waals surface area contributed by atoms with Gasteiger partial charge in [-0.3, -0.25) is 9.48 Å². The van der Waals surface area contributed by atoms with Gasteiger partial charge in [-0.25, -0.2) is 8.78 Å². The summed E-state index contributed by atoms with van der Waals surface area (Å²) in [6, 6.07) is 3.63. The Hall–Kier alpha value is -2.45. The van der Waals surface area contributed by atoms with E-state index in [1.54, 1.807) is 0 Å². The van der Waals surface area contributed by atoms with Crippen LogP contribution in [0.15, 0.2) is 24.4 Å². The number of halogens is 5. The Kier molecular flexibility index (Phi) is 4.12. The van der Waals surface area contributed by atoms with E-state index in [9.17, 15) is 26.7 Å². The van der Waals surface area contributed by atoms with Crippen LogP contribution < -0.4 is 5.32 Å². The average molecular weight is 413 g/mol. The summed E-state index contributed by atoms with van der Waals surface area (Å²) in [5.74, 6) is -0.782. The molecule has 29 heavy (non-hydrogen) atoms. The summed E-state index contributed by atoms with van der Waals surface area (Å²) in [6.45, 7) is 3.80. The normalized spacial score (nSPS) is 24.8. The molecular formula is C20H20F5N3O. The number of benzene rings is 1. The van der Waals surface area contributed by atoms with Gasteiger partial charge in [0.2, 0.25) is 0 Å². The molecule has 2 aromatic rings. The topological polar surface area (TPSA) is 46.9 Å². The van der Waals surface area contributed by atoms with Crippen molar-refractivity contribution in [2.75, 3.05) is 0 Å². The van der Waals surface area contributed by atoms with Crippen LogP contribution in [0.25, 0.3) is 0 Å². The minimum absolute atomic E-state index is 0.0245. The third-order valence-corrected chi connectivity index (χ3v) is 6.63. The van der Waals surface area contributed by atoms with Crippen molar-refractivity contribution in [1.29, 1.82) is 0 Å². The number of nitrogens with zero attached hydrogens (tertiary/aromatic N) is 2. The van der Waals surface area contributed by atoms with Gasteiger partial charge in [0.1, 0.15) is 5.69 Å². The third-order valence-electron chi connectivity index (χ3n) is 6.63. The van der Waals surface area contributed by atoms with Gasteiger partial charge in [0.15, 0.2) is 0 Å². The van der Waals surface area contributed by atoms with Crippen molar-refractivity contribution in [3.05, 3.63) is 52.3 Å². The number of rotatable bonds is 3. The second kappa shape index (κ2) is 6.03. The van der Waals surface area contributed by atoms with Crippen molar-refractivity contribution in [2.24, 2.45) is 12.5 Å². The standard InChI is InChI=1S/C20H20F5N3O/c1-18(2)13-6-7-19(18,14-8-10(20(23,24)25)4-5-11(13)14)26-17(29)12-9-28(3)27-15(12)16(21)22/h4-5,8-9,13,16H,6-7H2,1-3H3,(H,26,29). The zero-order valence-electron chi connectivity index (χ0n) is 16.1. The number of nitrogens with one attached hydrogen (secondary N) is 1. The molecule has 0 saturated heterocycles. The maximum Gasteiger partial charge on any atom is 0.416 e. The van der Waals surface area contributed by atoms with Crippen LogP contribution in [0.3, 0.4) is 0 Å². The summed E-state index contributed by atoms with van der Waals surface area (Å²) < 4.78 is 67.6. The first-order chi connectivity index (χ1) is 13.4. The number of carbonyl (C=O) groups is 1. The van der Waals surface area contributed by atoms with Crippen molar-refractivity contribution in [2.45, 2.75) is 50.7 Å². The third kappa shape index (κ3) is 2.69. The van der Waals surface area contributed by atoms with Crippen molar-refractivity contribution >= 4 is 5.91 Å². The van der Waals surface area contributed by atoms with Gasteiger partial charge < -0.3 is 5.32 Å². The number of aryl methyl sites for hydroxylation is 1. The minimum Gasteiger partial charge on any atom is -0.342 e. The first-order valence-electron chi connectivity index (χ1n) is 9.24. The Morgan fingerprint density at radius 1 is 1.31 bits per heavy atom. The molecule has 1 N–H and O–H groups in total. The van der Waals surface area contributed by atoms with E-state index in [-0.39, 0.29) is 11.5 Å². The van der Waals surface area contributed by atoms with Gasteiger partial charge >= 0.3 is 6.18 Å². The lowest BCUT2D eigenvalue weighted by molar-refractivity contribution is -0.137. The summed E-state index contributed by atoms with van der Waals surface area (Å²) >= 11 is 0. The minimum atomic E-state index is -4.52. The van der Waals surface area contributed by atoms with E-state index in [2.05, 4.69) is 10.4 Å². The summed E-state index contributed by atoms with van der Waals surface area (Å²) in [4.78, 5) is 13.0.